The molecule has 1 aromatic rings. The molecule has 0 heterocycles. The summed E-state index contributed by atoms with van der Waals surface area (Å²) in [6.07, 6.45) is 0. The molecule has 17 heavy (non-hydrogen) atoms. The van der Waals surface area contributed by atoms with Gasteiger partial charge in [-0.25, -0.2) is 0 Å². The van der Waals surface area contributed by atoms with E-state index in [0.29, 0.717) is 17.1 Å². The van der Waals surface area contributed by atoms with Gasteiger partial charge in [0.2, 0.25) is 0 Å². The van der Waals surface area contributed by atoms with E-state index in [-0.39, 0.29) is 23.0 Å². The van der Waals surface area contributed by atoms with E-state index in [9.17, 15) is 4.79 Å². The van der Waals surface area contributed by atoms with Crippen LogP contribution in [0.1, 0.15) is 24.2 Å². The molecule has 0 radical (unpaired) electrons. The quantitative estimate of drug-likeness (QED) is 0.888. The van der Waals surface area contributed by atoms with Crippen LogP contribution < -0.4 is 5.32 Å². The van der Waals surface area contributed by atoms with Gasteiger partial charge in [0.1, 0.15) is 0 Å². The Kier molecular flexibility index (Phi) is 4.80. The Hall–Kier alpha value is -0.770. The number of halogens is 2. The number of carbonyl (C=O) groups is 1. The lowest BCUT2D eigenvalue weighted by Gasteiger charge is -2.22. The van der Waals surface area contributed by atoms with E-state index in [1.54, 1.807) is 18.2 Å². The molecule has 0 spiro atoms. The highest BCUT2D eigenvalue weighted by molar-refractivity contribution is 6.43. The van der Waals surface area contributed by atoms with E-state index >= 15 is 0 Å². The molecule has 1 amide bonds. The summed E-state index contributed by atoms with van der Waals surface area (Å²) in [5.41, 5.74) is -0.0198. The molecular formula is C12H15Cl2NO2. The van der Waals surface area contributed by atoms with Gasteiger partial charge >= 0.3 is 0 Å². The maximum Gasteiger partial charge on any atom is 0.252 e. The monoisotopic (exact) mass is 275 g/mol. The van der Waals surface area contributed by atoms with Gasteiger partial charge in [0.25, 0.3) is 5.91 Å². The van der Waals surface area contributed by atoms with Gasteiger partial charge in [-0.3, -0.25) is 4.79 Å². The van der Waals surface area contributed by atoms with Gasteiger partial charge in [-0.2, -0.15) is 0 Å². The number of carbonyl (C=O) groups excluding carboxylic acids is 1. The minimum absolute atomic E-state index is 0.00341. The first kappa shape index (κ1) is 14.3. The van der Waals surface area contributed by atoms with Crippen molar-refractivity contribution in [2.75, 3.05) is 13.2 Å². The molecule has 0 aliphatic heterocycles. The van der Waals surface area contributed by atoms with Crippen molar-refractivity contribution < 1.29 is 9.90 Å². The zero-order valence-corrected chi connectivity index (χ0v) is 11.3. The van der Waals surface area contributed by atoms with Crippen LogP contribution in [0.4, 0.5) is 0 Å². The Morgan fingerprint density at radius 3 is 2.65 bits per heavy atom. The van der Waals surface area contributed by atoms with Crippen molar-refractivity contribution in [3.05, 3.63) is 33.8 Å². The fraction of sp³-hybridized carbons (Fsp3) is 0.417. The average molecular weight is 276 g/mol. The molecule has 0 aliphatic rings. The van der Waals surface area contributed by atoms with Crippen LogP contribution in [-0.2, 0) is 0 Å². The maximum atomic E-state index is 11.8. The van der Waals surface area contributed by atoms with Gasteiger partial charge < -0.3 is 10.4 Å². The van der Waals surface area contributed by atoms with Gasteiger partial charge in [-0.1, -0.05) is 43.1 Å². The van der Waals surface area contributed by atoms with Gasteiger partial charge in [-0.15, -0.1) is 0 Å². The second kappa shape index (κ2) is 5.71. The summed E-state index contributed by atoms with van der Waals surface area (Å²) in [7, 11) is 0. The molecule has 0 aliphatic carbocycles. The van der Waals surface area contributed by atoms with Crippen molar-refractivity contribution in [3.63, 3.8) is 0 Å². The Morgan fingerprint density at radius 1 is 1.41 bits per heavy atom. The Balaban J connectivity index is 2.74. The van der Waals surface area contributed by atoms with Crippen LogP contribution in [0, 0.1) is 5.41 Å². The van der Waals surface area contributed by atoms with Crippen LogP contribution in [0.15, 0.2) is 18.2 Å². The Morgan fingerprint density at radius 2 is 2.06 bits per heavy atom. The summed E-state index contributed by atoms with van der Waals surface area (Å²) in [4.78, 5) is 11.8. The molecule has 5 heteroatoms. The third-order valence-electron chi connectivity index (χ3n) is 2.35. The fourth-order valence-electron chi connectivity index (χ4n) is 1.15. The summed E-state index contributed by atoms with van der Waals surface area (Å²) < 4.78 is 0. The second-order valence-corrected chi connectivity index (χ2v) is 5.39. The highest BCUT2D eigenvalue weighted by Gasteiger charge is 2.19. The third-order valence-corrected chi connectivity index (χ3v) is 3.17. The van der Waals surface area contributed by atoms with Gasteiger partial charge in [0.05, 0.1) is 15.6 Å². The Labute approximate surface area is 111 Å². The summed E-state index contributed by atoms with van der Waals surface area (Å²) in [6.45, 7) is 4.07. The fourth-order valence-corrected chi connectivity index (χ4v) is 1.54. The summed E-state index contributed by atoms with van der Waals surface area (Å²) in [5, 5.41) is 12.4. The van der Waals surface area contributed by atoms with Crippen molar-refractivity contribution >= 4 is 29.1 Å². The lowest BCUT2D eigenvalue weighted by Crippen LogP contribution is -2.36. The third kappa shape index (κ3) is 3.87. The zero-order valence-electron chi connectivity index (χ0n) is 9.76. The summed E-state index contributed by atoms with van der Waals surface area (Å²) in [5.74, 6) is -0.293. The van der Waals surface area contributed by atoms with Gasteiger partial charge in [0, 0.05) is 18.6 Å². The normalized spacial score (nSPS) is 11.4. The summed E-state index contributed by atoms with van der Waals surface area (Å²) >= 11 is 11.8. The molecular weight excluding hydrogens is 261 g/mol. The minimum Gasteiger partial charge on any atom is -0.396 e. The number of nitrogens with one attached hydrogen (secondary N) is 1. The number of aliphatic hydroxyl groups is 1. The number of amides is 1. The standard InChI is InChI=1S/C12H15Cl2NO2/c1-12(2,7-16)6-15-11(17)8-4-3-5-9(13)10(8)14/h3-5,16H,6-7H2,1-2H3,(H,15,17). The molecule has 0 saturated carbocycles. The van der Waals surface area contributed by atoms with Gasteiger partial charge in [-0.05, 0) is 12.1 Å². The van der Waals surface area contributed by atoms with Crippen molar-refractivity contribution in [1.29, 1.82) is 0 Å². The van der Waals surface area contributed by atoms with Crippen LogP contribution in [0.3, 0.4) is 0 Å². The van der Waals surface area contributed by atoms with E-state index in [2.05, 4.69) is 5.32 Å². The van der Waals surface area contributed by atoms with Gasteiger partial charge in [0.15, 0.2) is 0 Å². The molecule has 0 unspecified atom stereocenters. The van der Waals surface area contributed by atoms with Crippen LogP contribution >= 0.6 is 23.2 Å². The van der Waals surface area contributed by atoms with E-state index in [1.165, 1.54) is 0 Å². The number of aliphatic hydroxyl groups excluding tert-OH is 1. The van der Waals surface area contributed by atoms with Crippen LogP contribution in [-0.4, -0.2) is 24.2 Å². The predicted molar refractivity (Wildman–Crippen MR) is 69.7 cm³/mol. The molecule has 0 aromatic heterocycles. The van der Waals surface area contributed by atoms with E-state index in [1.807, 2.05) is 13.8 Å². The van der Waals surface area contributed by atoms with Crippen LogP contribution in [0.25, 0.3) is 0 Å². The first-order chi connectivity index (χ1) is 7.87. The largest absolute Gasteiger partial charge is 0.396 e. The van der Waals surface area contributed by atoms with Crippen molar-refractivity contribution in [1.82, 2.24) is 5.32 Å². The summed E-state index contributed by atoms with van der Waals surface area (Å²) in [6, 6.07) is 4.90. The zero-order chi connectivity index (χ0) is 13.1. The van der Waals surface area contributed by atoms with E-state index < -0.39 is 0 Å². The minimum atomic E-state index is -0.360. The van der Waals surface area contributed by atoms with E-state index in [4.69, 9.17) is 28.3 Å². The first-order valence-corrected chi connectivity index (χ1v) is 5.96. The second-order valence-electron chi connectivity index (χ2n) is 4.61. The molecule has 3 nitrogen and oxygen atoms in total. The highest BCUT2D eigenvalue weighted by Crippen LogP contribution is 2.25. The SMILES string of the molecule is CC(C)(CO)CNC(=O)c1cccc(Cl)c1Cl. The molecule has 0 fully saturated rings. The van der Waals surface area contributed by atoms with E-state index in [0.717, 1.165) is 0 Å². The molecule has 0 saturated heterocycles. The molecule has 0 atom stereocenters. The molecule has 94 valence electrons. The molecule has 1 rings (SSSR count). The highest BCUT2D eigenvalue weighted by atomic mass is 35.5. The first-order valence-electron chi connectivity index (χ1n) is 5.20. The van der Waals surface area contributed by atoms with Crippen LogP contribution in [0.2, 0.25) is 10.0 Å². The average Bonchev–Trinajstić information content (AvgIpc) is 2.30. The topological polar surface area (TPSA) is 49.3 Å². The molecule has 0 bridgehead atoms. The van der Waals surface area contributed by atoms with Crippen molar-refractivity contribution in [2.24, 2.45) is 5.41 Å². The molecule has 1 aromatic carbocycles. The lowest BCUT2D eigenvalue weighted by atomic mass is 9.95. The predicted octanol–water partition coefficient (Wildman–Crippen LogP) is 2.74. The number of hydrogen-bond donors (Lipinski definition) is 2. The molecule has 2 N–H and O–H groups in total. The van der Waals surface area contributed by atoms with Crippen molar-refractivity contribution in [3.8, 4) is 0 Å². The van der Waals surface area contributed by atoms with Crippen molar-refractivity contribution in [2.45, 2.75) is 13.8 Å². The lowest BCUT2D eigenvalue weighted by molar-refractivity contribution is 0.0911. The maximum absolute atomic E-state index is 11.8. The number of rotatable bonds is 4. The van der Waals surface area contributed by atoms with Crippen LogP contribution in [0.5, 0.6) is 0 Å². The number of benzene rings is 1. The number of hydrogen-bond acceptors (Lipinski definition) is 2. The Bertz CT molecular complexity index is 419. The smallest absolute Gasteiger partial charge is 0.252 e.